The van der Waals surface area contributed by atoms with E-state index in [0.717, 1.165) is 23.6 Å². The van der Waals surface area contributed by atoms with Crippen molar-refractivity contribution in [3.05, 3.63) is 22.9 Å². The van der Waals surface area contributed by atoms with E-state index in [0.29, 0.717) is 5.56 Å². The predicted octanol–water partition coefficient (Wildman–Crippen LogP) is 2.28. The Balaban J connectivity index is 3.32. The van der Waals surface area contributed by atoms with Gasteiger partial charge >= 0.3 is 0 Å². The van der Waals surface area contributed by atoms with Gasteiger partial charge in [0.1, 0.15) is 5.82 Å². The molecule has 0 unspecified atom stereocenters. The first-order valence-corrected chi connectivity index (χ1v) is 6.33. The van der Waals surface area contributed by atoms with E-state index < -0.39 is 0 Å². The molecule has 0 aromatic carbocycles. The van der Waals surface area contributed by atoms with Crippen LogP contribution in [0.3, 0.4) is 0 Å². The average Bonchev–Trinajstić information content (AvgIpc) is 2.24. The summed E-state index contributed by atoms with van der Waals surface area (Å²) in [7, 11) is 1.97. The normalized spacial score (nSPS) is 12.6. The predicted molar refractivity (Wildman–Crippen MR) is 78.9 cm³/mol. The van der Waals surface area contributed by atoms with Crippen LogP contribution in [0, 0.1) is 19.3 Å². The quantitative estimate of drug-likeness (QED) is 0.380. The molecule has 106 valence electrons. The van der Waals surface area contributed by atoms with Gasteiger partial charge in [0, 0.05) is 19.3 Å². The van der Waals surface area contributed by atoms with Crippen molar-refractivity contribution in [3.8, 4) is 0 Å². The molecule has 0 bridgehead atoms. The van der Waals surface area contributed by atoms with Crippen molar-refractivity contribution < 1.29 is 5.21 Å². The molecule has 0 saturated heterocycles. The first kappa shape index (κ1) is 15.3. The van der Waals surface area contributed by atoms with Crippen LogP contribution in [0.1, 0.15) is 37.6 Å². The highest BCUT2D eigenvalue weighted by atomic mass is 16.4. The van der Waals surface area contributed by atoms with Crippen LogP contribution < -0.4 is 10.6 Å². The second-order valence-electron chi connectivity index (χ2n) is 6.18. The van der Waals surface area contributed by atoms with Crippen LogP contribution in [-0.4, -0.2) is 29.6 Å². The Bertz CT molecular complexity index is 489. The highest BCUT2D eigenvalue weighted by molar-refractivity contribution is 6.02. The van der Waals surface area contributed by atoms with Crippen molar-refractivity contribution in [1.29, 1.82) is 0 Å². The second-order valence-corrected chi connectivity index (χ2v) is 6.18. The molecule has 0 radical (unpaired) electrons. The number of anilines is 1. The molecule has 1 heterocycles. The van der Waals surface area contributed by atoms with E-state index in [1.54, 1.807) is 0 Å². The van der Waals surface area contributed by atoms with Gasteiger partial charge in [-0.2, -0.15) is 0 Å². The Morgan fingerprint density at radius 1 is 1.42 bits per heavy atom. The molecule has 0 atom stereocenters. The smallest absolute Gasteiger partial charge is 0.174 e. The zero-order valence-electron chi connectivity index (χ0n) is 12.7. The molecular weight excluding hydrogens is 240 g/mol. The molecule has 0 fully saturated rings. The lowest BCUT2D eigenvalue weighted by Gasteiger charge is -2.29. The number of amidine groups is 1. The van der Waals surface area contributed by atoms with Gasteiger partial charge in [0.25, 0.3) is 0 Å². The summed E-state index contributed by atoms with van der Waals surface area (Å²) in [6.07, 6.45) is 0. The molecule has 0 saturated carbocycles. The Hall–Kier alpha value is -1.78. The summed E-state index contributed by atoms with van der Waals surface area (Å²) < 4.78 is 0. The second kappa shape index (κ2) is 5.47. The molecule has 1 rings (SSSR count). The minimum absolute atomic E-state index is 0.0979. The van der Waals surface area contributed by atoms with Crippen LogP contribution >= 0.6 is 0 Å². The highest BCUT2D eigenvalue weighted by Gasteiger charge is 2.20. The maximum atomic E-state index is 8.94. The number of nitrogens with zero attached hydrogens (tertiary/aromatic N) is 3. The summed E-state index contributed by atoms with van der Waals surface area (Å²) in [5, 5.41) is 12.1. The summed E-state index contributed by atoms with van der Waals surface area (Å²) >= 11 is 0. The van der Waals surface area contributed by atoms with E-state index in [1.807, 2.05) is 31.9 Å². The van der Waals surface area contributed by atoms with Crippen molar-refractivity contribution in [2.75, 3.05) is 18.5 Å². The van der Waals surface area contributed by atoms with Gasteiger partial charge in [0.15, 0.2) is 5.84 Å². The van der Waals surface area contributed by atoms with Crippen LogP contribution in [0.4, 0.5) is 5.82 Å². The van der Waals surface area contributed by atoms with Crippen LogP contribution in [0.25, 0.3) is 0 Å². The molecule has 0 aliphatic rings. The molecule has 0 amide bonds. The Morgan fingerprint density at radius 3 is 2.47 bits per heavy atom. The number of aryl methyl sites for hydroxylation is 2. The maximum Gasteiger partial charge on any atom is 0.174 e. The van der Waals surface area contributed by atoms with Crippen LogP contribution in [0.2, 0.25) is 0 Å². The lowest BCUT2D eigenvalue weighted by atomic mass is 9.96. The molecule has 0 aliphatic carbocycles. The van der Waals surface area contributed by atoms with Crippen molar-refractivity contribution in [2.24, 2.45) is 16.3 Å². The van der Waals surface area contributed by atoms with Crippen molar-refractivity contribution >= 4 is 11.7 Å². The number of pyridine rings is 1. The Morgan fingerprint density at radius 2 is 2.00 bits per heavy atom. The van der Waals surface area contributed by atoms with E-state index in [9.17, 15) is 0 Å². The molecule has 3 N–H and O–H groups in total. The molecule has 0 spiro atoms. The van der Waals surface area contributed by atoms with Crippen molar-refractivity contribution in [3.63, 3.8) is 0 Å². The minimum atomic E-state index is 0.0979. The third kappa shape index (κ3) is 3.84. The summed E-state index contributed by atoms with van der Waals surface area (Å²) in [6, 6.07) is 1.93. The average molecular weight is 264 g/mol. The fraction of sp³-hybridized carbons (Fsp3) is 0.571. The Labute approximate surface area is 115 Å². The molecule has 5 heteroatoms. The monoisotopic (exact) mass is 264 g/mol. The van der Waals surface area contributed by atoms with Crippen LogP contribution in [0.5, 0.6) is 0 Å². The lowest BCUT2D eigenvalue weighted by Crippen LogP contribution is -2.32. The van der Waals surface area contributed by atoms with Crippen molar-refractivity contribution in [1.82, 2.24) is 4.98 Å². The molecule has 1 aromatic rings. The van der Waals surface area contributed by atoms with Crippen molar-refractivity contribution in [2.45, 2.75) is 34.6 Å². The van der Waals surface area contributed by atoms with Crippen LogP contribution in [-0.2, 0) is 0 Å². The number of aromatic nitrogens is 1. The largest absolute Gasteiger partial charge is 0.409 e. The van der Waals surface area contributed by atoms with E-state index in [4.69, 9.17) is 10.9 Å². The SMILES string of the molecule is Cc1cc(C)c(C(N)=NO)c(N(C)CC(C)(C)C)n1. The first-order chi connectivity index (χ1) is 8.65. The lowest BCUT2D eigenvalue weighted by molar-refractivity contribution is 0.318. The summed E-state index contributed by atoms with van der Waals surface area (Å²) in [5.74, 6) is 0.850. The third-order valence-corrected chi connectivity index (χ3v) is 2.76. The zero-order chi connectivity index (χ0) is 14.8. The summed E-state index contributed by atoms with van der Waals surface area (Å²) in [6.45, 7) is 11.2. The third-order valence-electron chi connectivity index (χ3n) is 2.76. The zero-order valence-corrected chi connectivity index (χ0v) is 12.7. The minimum Gasteiger partial charge on any atom is -0.409 e. The van der Waals surface area contributed by atoms with Gasteiger partial charge in [0.05, 0.1) is 5.56 Å². The number of hydrogen-bond acceptors (Lipinski definition) is 4. The summed E-state index contributed by atoms with van der Waals surface area (Å²) in [5.41, 5.74) is 8.49. The van der Waals surface area contributed by atoms with E-state index in [1.165, 1.54) is 0 Å². The number of hydrogen-bond donors (Lipinski definition) is 2. The van der Waals surface area contributed by atoms with Gasteiger partial charge < -0.3 is 15.8 Å². The van der Waals surface area contributed by atoms with Gasteiger partial charge in [-0.15, -0.1) is 0 Å². The standard InChI is InChI=1S/C14H24N4O/c1-9-7-10(2)16-13(11(9)12(15)17-19)18(6)8-14(3,4)5/h7,19H,8H2,1-6H3,(H2,15,17). The molecule has 5 nitrogen and oxygen atoms in total. The topological polar surface area (TPSA) is 74.7 Å². The highest BCUT2D eigenvalue weighted by Crippen LogP contribution is 2.25. The van der Waals surface area contributed by atoms with E-state index >= 15 is 0 Å². The van der Waals surface area contributed by atoms with E-state index in [-0.39, 0.29) is 11.3 Å². The van der Waals surface area contributed by atoms with Crippen LogP contribution in [0.15, 0.2) is 11.2 Å². The number of oxime groups is 1. The first-order valence-electron chi connectivity index (χ1n) is 6.33. The van der Waals surface area contributed by atoms with Gasteiger partial charge in [-0.3, -0.25) is 0 Å². The molecule has 0 aliphatic heterocycles. The van der Waals surface area contributed by atoms with Gasteiger partial charge in [-0.25, -0.2) is 4.98 Å². The molecular formula is C14H24N4O. The Kier molecular flexibility index (Phi) is 4.39. The number of nitrogens with two attached hydrogens (primary N) is 1. The fourth-order valence-electron chi connectivity index (χ4n) is 2.25. The van der Waals surface area contributed by atoms with Gasteiger partial charge in [-0.1, -0.05) is 25.9 Å². The maximum absolute atomic E-state index is 8.94. The molecule has 1 aromatic heterocycles. The molecule has 19 heavy (non-hydrogen) atoms. The van der Waals surface area contributed by atoms with E-state index in [2.05, 4.69) is 30.9 Å². The summed E-state index contributed by atoms with van der Waals surface area (Å²) in [4.78, 5) is 6.59. The number of rotatable bonds is 3. The fourth-order valence-corrected chi connectivity index (χ4v) is 2.25. The van der Waals surface area contributed by atoms with Gasteiger partial charge in [0.2, 0.25) is 0 Å². The van der Waals surface area contributed by atoms with Gasteiger partial charge in [-0.05, 0) is 30.9 Å².